The van der Waals surface area contributed by atoms with Crippen LogP contribution in [0.3, 0.4) is 0 Å². The molecule has 152 valence electrons. The lowest BCUT2D eigenvalue weighted by Crippen LogP contribution is -2.28. The van der Waals surface area contributed by atoms with E-state index in [4.69, 9.17) is 27.9 Å². The third-order valence-corrected chi connectivity index (χ3v) is 5.75. The maximum atomic E-state index is 12.5. The molecule has 0 saturated heterocycles. The van der Waals surface area contributed by atoms with Crippen LogP contribution in [0.2, 0.25) is 10.0 Å². The number of hydrogen-bond donors (Lipinski definition) is 1. The molecule has 1 unspecified atom stereocenters. The summed E-state index contributed by atoms with van der Waals surface area (Å²) in [5, 5.41) is 13.0. The average molecular weight is 451 g/mol. The lowest BCUT2D eigenvalue weighted by Gasteiger charge is -2.16. The van der Waals surface area contributed by atoms with Gasteiger partial charge in [-0.05, 0) is 43.7 Å². The van der Waals surface area contributed by atoms with Gasteiger partial charge in [0.25, 0.3) is 0 Å². The summed E-state index contributed by atoms with van der Waals surface area (Å²) in [6, 6.07) is 12.6. The molecular weight excluding hydrogens is 431 g/mol. The van der Waals surface area contributed by atoms with Gasteiger partial charge in [-0.15, -0.1) is 10.2 Å². The fourth-order valence-corrected chi connectivity index (χ4v) is 4.25. The van der Waals surface area contributed by atoms with Gasteiger partial charge in [0.1, 0.15) is 11.6 Å². The van der Waals surface area contributed by atoms with Gasteiger partial charge >= 0.3 is 0 Å². The van der Waals surface area contributed by atoms with Gasteiger partial charge < -0.3 is 10.1 Å². The molecule has 6 nitrogen and oxygen atoms in total. The van der Waals surface area contributed by atoms with Gasteiger partial charge in [0, 0.05) is 10.0 Å². The van der Waals surface area contributed by atoms with Crippen molar-refractivity contribution >= 4 is 40.9 Å². The number of carbonyl (C=O) groups excluding carboxylic acids is 1. The molecule has 0 aliphatic rings. The van der Waals surface area contributed by atoms with Crippen LogP contribution in [-0.2, 0) is 4.79 Å². The molecule has 0 radical (unpaired) electrons. The highest BCUT2D eigenvalue weighted by Gasteiger charge is 2.18. The minimum atomic E-state index is -0.248. The number of nitrogens with one attached hydrogen (secondary N) is 1. The molecule has 0 aliphatic heterocycles. The molecule has 1 aromatic heterocycles. The maximum absolute atomic E-state index is 12.5. The first-order chi connectivity index (χ1) is 13.9. The van der Waals surface area contributed by atoms with Crippen molar-refractivity contribution in [3.63, 3.8) is 0 Å². The van der Waals surface area contributed by atoms with E-state index in [-0.39, 0.29) is 17.7 Å². The van der Waals surface area contributed by atoms with Crippen LogP contribution in [0, 0.1) is 6.92 Å². The Balaban J connectivity index is 1.70. The first-order valence-corrected chi connectivity index (χ1v) is 10.6. The molecule has 9 heteroatoms. The van der Waals surface area contributed by atoms with E-state index in [9.17, 15) is 4.79 Å². The number of carbonyl (C=O) groups is 1. The number of halogens is 2. The molecule has 1 N–H and O–H groups in total. The summed E-state index contributed by atoms with van der Waals surface area (Å²) in [6.07, 6.45) is 0. The molecule has 3 rings (SSSR count). The molecule has 0 fully saturated rings. The third-order valence-electron chi connectivity index (χ3n) is 4.26. The quantitative estimate of drug-likeness (QED) is 0.520. The first-order valence-electron chi connectivity index (χ1n) is 8.83. The fourth-order valence-electron chi connectivity index (χ4n) is 2.87. The second-order valence-corrected chi connectivity index (χ2v) is 8.07. The largest absolute Gasteiger partial charge is 0.495 e. The number of nitrogens with zero attached hydrogens (tertiary/aromatic N) is 3. The van der Waals surface area contributed by atoms with Crippen molar-refractivity contribution in [1.82, 2.24) is 20.1 Å². The minimum absolute atomic E-state index is 0.138. The lowest BCUT2D eigenvalue weighted by atomic mass is 10.1. The standard InChI is InChI=1S/C20H20Cl2N4O2S/c1-12(15-9-8-14(21)10-16(15)22)23-19(27)11-29-20-25-24-13(2)26(20)17-6-4-5-7-18(17)28-3/h4-10,12H,11H2,1-3H3,(H,23,27). The fraction of sp³-hybridized carbons (Fsp3) is 0.250. The SMILES string of the molecule is COc1ccccc1-n1c(C)nnc1SCC(=O)NC(C)c1ccc(Cl)cc1Cl. The molecule has 0 bridgehead atoms. The van der Waals surface area contributed by atoms with Crippen molar-refractivity contribution in [3.05, 3.63) is 63.9 Å². The number of thioether (sulfide) groups is 1. The van der Waals surface area contributed by atoms with Crippen LogP contribution in [-0.4, -0.2) is 33.5 Å². The summed E-state index contributed by atoms with van der Waals surface area (Å²) in [5.41, 5.74) is 1.63. The van der Waals surface area contributed by atoms with E-state index in [0.717, 1.165) is 11.3 Å². The Morgan fingerprint density at radius 2 is 2.00 bits per heavy atom. The predicted octanol–water partition coefficient (Wildman–Crippen LogP) is 4.86. The van der Waals surface area contributed by atoms with E-state index in [0.29, 0.717) is 26.8 Å². The van der Waals surface area contributed by atoms with E-state index in [1.54, 1.807) is 19.2 Å². The van der Waals surface area contributed by atoms with Crippen LogP contribution in [0.25, 0.3) is 5.69 Å². The Labute approximate surface area is 183 Å². The topological polar surface area (TPSA) is 69.0 Å². The number of benzene rings is 2. The molecule has 3 aromatic rings. The number of ether oxygens (including phenoxy) is 1. The van der Waals surface area contributed by atoms with Gasteiger partial charge in [0.05, 0.1) is 24.6 Å². The summed E-state index contributed by atoms with van der Waals surface area (Å²) in [4.78, 5) is 12.5. The van der Waals surface area contributed by atoms with Crippen molar-refractivity contribution in [3.8, 4) is 11.4 Å². The smallest absolute Gasteiger partial charge is 0.230 e. The van der Waals surface area contributed by atoms with Crippen LogP contribution in [0.4, 0.5) is 0 Å². The number of rotatable bonds is 7. The summed E-state index contributed by atoms with van der Waals surface area (Å²) in [7, 11) is 1.61. The Hall–Kier alpha value is -2.22. The van der Waals surface area contributed by atoms with Gasteiger partial charge in [-0.1, -0.05) is 53.2 Å². The van der Waals surface area contributed by atoms with Crippen LogP contribution in [0.1, 0.15) is 24.4 Å². The molecule has 1 heterocycles. The minimum Gasteiger partial charge on any atom is -0.495 e. The van der Waals surface area contributed by atoms with Gasteiger partial charge in [0.15, 0.2) is 5.16 Å². The van der Waals surface area contributed by atoms with Crippen molar-refractivity contribution in [1.29, 1.82) is 0 Å². The molecule has 1 amide bonds. The monoisotopic (exact) mass is 450 g/mol. The molecule has 2 aromatic carbocycles. The number of methoxy groups -OCH3 is 1. The van der Waals surface area contributed by atoms with Gasteiger partial charge in [-0.3, -0.25) is 9.36 Å². The van der Waals surface area contributed by atoms with Crippen molar-refractivity contribution < 1.29 is 9.53 Å². The zero-order valence-electron chi connectivity index (χ0n) is 16.1. The van der Waals surface area contributed by atoms with E-state index in [1.807, 2.05) is 48.7 Å². The summed E-state index contributed by atoms with van der Waals surface area (Å²) in [6.45, 7) is 3.73. The zero-order chi connectivity index (χ0) is 21.0. The number of amides is 1. The highest BCUT2D eigenvalue weighted by molar-refractivity contribution is 7.99. The van der Waals surface area contributed by atoms with Crippen LogP contribution >= 0.6 is 35.0 Å². The maximum Gasteiger partial charge on any atom is 0.230 e. The molecule has 29 heavy (non-hydrogen) atoms. The summed E-state index contributed by atoms with van der Waals surface area (Å²) in [5.74, 6) is 1.45. The second-order valence-electron chi connectivity index (χ2n) is 6.28. The summed E-state index contributed by atoms with van der Waals surface area (Å²) >= 11 is 13.5. The van der Waals surface area contributed by atoms with E-state index >= 15 is 0 Å². The van der Waals surface area contributed by atoms with E-state index in [2.05, 4.69) is 15.5 Å². The Morgan fingerprint density at radius 3 is 2.72 bits per heavy atom. The van der Waals surface area contributed by atoms with Crippen molar-refractivity contribution in [2.24, 2.45) is 0 Å². The van der Waals surface area contributed by atoms with Crippen molar-refractivity contribution in [2.75, 3.05) is 12.9 Å². The van der Waals surface area contributed by atoms with Gasteiger partial charge in [-0.2, -0.15) is 0 Å². The highest BCUT2D eigenvalue weighted by Crippen LogP contribution is 2.29. The van der Waals surface area contributed by atoms with E-state index < -0.39 is 0 Å². The third kappa shape index (κ3) is 5.04. The van der Waals surface area contributed by atoms with Gasteiger partial charge in [0.2, 0.25) is 5.91 Å². The first kappa shape index (κ1) is 21.5. The average Bonchev–Trinajstić information content (AvgIpc) is 3.06. The number of aryl methyl sites for hydroxylation is 1. The number of para-hydroxylation sites is 2. The highest BCUT2D eigenvalue weighted by atomic mass is 35.5. The molecular formula is C20H20Cl2N4O2S. The second kappa shape index (κ2) is 9.52. The van der Waals surface area contributed by atoms with Gasteiger partial charge in [-0.25, -0.2) is 0 Å². The number of aromatic nitrogens is 3. The number of hydrogen-bond acceptors (Lipinski definition) is 5. The molecule has 0 saturated carbocycles. The van der Waals surface area contributed by atoms with Crippen molar-refractivity contribution in [2.45, 2.75) is 25.0 Å². The Kier molecular flexibility index (Phi) is 7.05. The Morgan fingerprint density at radius 1 is 1.24 bits per heavy atom. The normalized spacial score (nSPS) is 11.9. The predicted molar refractivity (Wildman–Crippen MR) is 116 cm³/mol. The Bertz CT molecular complexity index is 1030. The van der Waals surface area contributed by atoms with Crippen LogP contribution in [0.5, 0.6) is 5.75 Å². The zero-order valence-corrected chi connectivity index (χ0v) is 18.5. The lowest BCUT2D eigenvalue weighted by molar-refractivity contribution is -0.119. The van der Waals surface area contributed by atoms with E-state index in [1.165, 1.54) is 11.8 Å². The summed E-state index contributed by atoms with van der Waals surface area (Å²) < 4.78 is 7.31. The molecule has 0 spiro atoms. The van der Waals surface area contributed by atoms with Crippen LogP contribution in [0.15, 0.2) is 47.6 Å². The molecule has 1 atom stereocenters. The van der Waals surface area contributed by atoms with Crippen LogP contribution < -0.4 is 10.1 Å². The molecule has 0 aliphatic carbocycles.